The Hall–Kier alpha value is -3.46. The first-order valence-electron chi connectivity index (χ1n) is 6.94. The maximum atomic E-state index is 12.1. The molecule has 0 aliphatic rings. The van der Waals surface area contributed by atoms with Crippen LogP contribution in [0, 0.1) is 11.3 Å². The second kappa shape index (κ2) is 7.70. The van der Waals surface area contributed by atoms with Crippen molar-refractivity contribution < 1.29 is 23.9 Å². The van der Waals surface area contributed by atoms with Crippen LogP contribution in [-0.4, -0.2) is 31.4 Å². The molecule has 24 heavy (non-hydrogen) atoms. The number of nitriles is 1. The van der Waals surface area contributed by atoms with Crippen molar-refractivity contribution in [2.75, 3.05) is 13.7 Å². The number of rotatable bonds is 5. The molecule has 0 heterocycles. The molecule has 0 saturated carbocycles. The van der Waals surface area contributed by atoms with E-state index in [0.717, 1.165) is 0 Å². The quantitative estimate of drug-likeness (QED) is 0.619. The first-order valence-corrected chi connectivity index (χ1v) is 6.94. The third-order valence-corrected chi connectivity index (χ3v) is 3.19. The van der Waals surface area contributed by atoms with E-state index in [1.165, 1.54) is 49.6 Å². The largest absolute Gasteiger partial charge is 0.465 e. The summed E-state index contributed by atoms with van der Waals surface area (Å²) in [5.41, 5.74) is 1.14. The number of ether oxygens (including phenoxy) is 2. The van der Waals surface area contributed by atoms with E-state index < -0.39 is 24.3 Å². The molecule has 6 heteroatoms. The Morgan fingerprint density at radius 1 is 0.958 bits per heavy atom. The van der Waals surface area contributed by atoms with Crippen LogP contribution in [0.15, 0.2) is 48.5 Å². The summed E-state index contributed by atoms with van der Waals surface area (Å²) in [6.45, 7) is -0.455. The van der Waals surface area contributed by atoms with Gasteiger partial charge in [-0.2, -0.15) is 5.26 Å². The van der Waals surface area contributed by atoms with E-state index in [1.54, 1.807) is 6.07 Å². The highest BCUT2D eigenvalue weighted by molar-refractivity contribution is 6.01. The topological polar surface area (TPSA) is 93.5 Å². The molecule has 0 spiro atoms. The zero-order valence-electron chi connectivity index (χ0n) is 12.8. The van der Waals surface area contributed by atoms with Gasteiger partial charge in [-0.05, 0) is 36.4 Å². The summed E-state index contributed by atoms with van der Waals surface area (Å²) in [5, 5.41) is 8.70. The molecule has 0 fully saturated rings. The zero-order chi connectivity index (χ0) is 17.5. The van der Waals surface area contributed by atoms with Gasteiger partial charge >= 0.3 is 11.9 Å². The first kappa shape index (κ1) is 16.9. The van der Waals surface area contributed by atoms with Gasteiger partial charge in [-0.15, -0.1) is 0 Å². The van der Waals surface area contributed by atoms with Gasteiger partial charge < -0.3 is 9.47 Å². The monoisotopic (exact) mass is 323 g/mol. The van der Waals surface area contributed by atoms with E-state index in [2.05, 4.69) is 4.74 Å². The SMILES string of the molecule is COC(=O)c1cccc(C(=O)COC(=O)c2ccc(C#N)cc2)c1. The summed E-state index contributed by atoms with van der Waals surface area (Å²) < 4.78 is 9.54. The Morgan fingerprint density at radius 3 is 2.25 bits per heavy atom. The molecular formula is C18H13NO5. The lowest BCUT2D eigenvalue weighted by Gasteiger charge is -2.06. The van der Waals surface area contributed by atoms with Crippen LogP contribution in [0.5, 0.6) is 0 Å². The van der Waals surface area contributed by atoms with Gasteiger partial charge in [-0.25, -0.2) is 9.59 Å². The number of methoxy groups -OCH3 is 1. The van der Waals surface area contributed by atoms with E-state index in [0.29, 0.717) is 5.56 Å². The predicted molar refractivity (Wildman–Crippen MR) is 83.6 cm³/mol. The van der Waals surface area contributed by atoms with Gasteiger partial charge in [0.15, 0.2) is 12.4 Å². The van der Waals surface area contributed by atoms with Crippen molar-refractivity contribution in [1.82, 2.24) is 0 Å². The molecule has 0 N–H and O–H groups in total. The molecule has 0 bridgehead atoms. The smallest absolute Gasteiger partial charge is 0.338 e. The minimum absolute atomic E-state index is 0.238. The molecule has 2 aromatic carbocycles. The van der Waals surface area contributed by atoms with Crippen molar-refractivity contribution in [3.63, 3.8) is 0 Å². The van der Waals surface area contributed by atoms with Crippen LogP contribution in [0.2, 0.25) is 0 Å². The van der Waals surface area contributed by atoms with Crippen molar-refractivity contribution in [3.05, 3.63) is 70.8 Å². The van der Waals surface area contributed by atoms with Crippen LogP contribution in [0.4, 0.5) is 0 Å². The van der Waals surface area contributed by atoms with Crippen LogP contribution in [-0.2, 0) is 9.47 Å². The second-order valence-electron chi connectivity index (χ2n) is 4.76. The molecule has 0 amide bonds. The van der Waals surface area contributed by atoms with Gasteiger partial charge in [0.25, 0.3) is 0 Å². The number of ketones is 1. The summed E-state index contributed by atoms with van der Waals surface area (Å²) in [6, 6.07) is 13.8. The molecule has 0 atom stereocenters. The molecule has 6 nitrogen and oxygen atoms in total. The number of hydrogen-bond acceptors (Lipinski definition) is 6. The highest BCUT2D eigenvalue weighted by Crippen LogP contribution is 2.09. The van der Waals surface area contributed by atoms with Crippen molar-refractivity contribution >= 4 is 17.7 Å². The zero-order valence-corrected chi connectivity index (χ0v) is 12.8. The van der Waals surface area contributed by atoms with E-state index in [-0.39, 0.29) is 16.7 Å². The Bertz CT molecular complexity index is 818. The fourth-order valence-corrected chi connectivity index (χ4v) is 1.92. The average Bonchev–Trinajstić information content (AvgIpc) is 2.65. The first-order chi connectivity index (χ1) is 11.5. The molecule has 0 aliphatic carbocycles. The predicted octanol–water partition coefficient (Wildman–Crippen LogP) is 2.38. The summed E-state index contributed by atoms with van der Waals surface area (Å²) in [7, 11) is 1.25. The minimum Gasteiger partial charge on any atom is -0.465 e. The fraction of sp³-hybridized carbons (Fsp3) is 0.111. The van der Waals surface area contributed by atoms with Crippen LogP contribution in [0.3, 0.4) is 0 Å². The molecular weight excluding hydrogens is 310 g/mol. The molecule has 0 aromatic heterocycles. The van der Waals surface area contributed by atoms with Gasteiger partial charge in [0, 0.05) is 5.56 Å². The number of esters is 2. The number of nitrogens with zero attached hydrogens (tertiary/aromatic N) is 1. The van der Waals surface area contributed by atoms with Gasteiger partial charge in [0.1, 0.15) is 0 Å². The number of carbonyl (C=O) groups is 3. The number of hydrogen-bond donors (Lipinski definition) is 0. The lowest BCUT2D eigenvalue weighted by atomic mass is 10.1. The number of benzene rings is 2. The van der Waals surface area contributed by atoms with E-state index >= 15 is 0 Å². The number of carbonyl (C=O) groups excluding carboxylic acids is 3. The van der Waals surface area contributed by atoms with Crippen molar-refractivity contribution in [3.8, 4) is 6.07 Å². The molecule has 0 aliphatic heterocycles. The van der Waals surface area contributed by atoms with E-state index in [9.17, 15) is 14.4 Å². The maximum Gasteiger partial charge on any atom is 0.338 e. The van der Waals surface area contributed by atoms with Crippen LogP contribution in [0.25, 0.3) is 0 Å². The Balaban J connectivity index is 2.01. The Kier molecular flexibility index (Phi) is 5.42. The van der Waals surface area contributed by atoms with Crippen LogP contribution in [0.1, 0.15) is 36.6 Å². The van der Waals surface area contributed by atoms with Crippen molar-refractivity contribution in [1.29, 1.82) is 5.26 Å². The van der Waals surface area contributed by atoms with Crippen LogP contribution < -0.4 is 0 Å². The summed E-state index contributed by atoms with van der Waals surface area (Å²) in [6.07, 6.45) is 0. The highest BCUT2D eigenvalue weighted by atomic mass is 16.5. The Morgan fingerprint density at radius 2 is 1.62 bits per heavy atom. The summed E-state index contributed by atoms with van der Waals surface area (Å²) in [4.78, 5) is 35.4. The van der Waals surface area contributed by atoms with E-state index in [4.69, 9.17) is 10.00 Å². The molecule has 120 valence electrons. The third-order valence-electron chi connectivity index (χ3n) is 3.19. The summed E-state index contributed by atoms with van der Waals surface area (Å²) >= 11 is 0. The minimum atomic E-state index is -0.669. The summed E-state index contributed by atoms with van der Waals surface area (Å²) in [5.74, 6) is -1.67. The van der Waals surface area contributed by atoms with Crippen molar-refractivity contribution in [2.45, 2.75) is 0 Å². The maximum absolute atomic E-state index is 12.1. The second-order valence-corrected chi connectivity index (χ2v) is 4.76. The van der Waals surface area contributed by atoms with Gasteiger partial charge in [0.2, 0.25) is 0 Å². The lowest BCUT2D eigenvalue weighted by molar-refractivity contribution is 0.0474. The molecule has 2 rings (SSSR count). The Labute approximate surface area is 138 Å². The fourth-order valence-electron chi connectivity index (χ4n) is 1.92. The third kappa shape index (κ3) is 4.05. The van der Waals surface area contributed by atoms with E-state index in [1.807, 2.05) is 6.07 Å². The lowest BCUT2D eigenvalue weighted by Crippen LogP contribution is -2.15. The van der Waals surface area contributed by atoms with Gasteiger partial charge in [0.05, 0.1) is 29.9 Å². The van der Waals surface area contributed by atoms with Gasteiger partial charge in [-0.1, -0.05) is 12.1 Å². The van der Waals surface area contributed by atoms with Crippen LogP contribution >= 0.6 is 0 Å². The molecule has 0 unspecified atom stereocenters. The normalized spacial score (nSPS) is 9.67. The molecule has 2 aromatic rings. The average molecular weight is 323 g/mol. The standard InChI is InChI=1S/C18H13NO5/c1-23-17(21)15-4-2-3-14(9-15)16(20)11-24-18(22)13-7-5-12(10-19)6-8-13/h2-9H,11H2,1H3. The molecule has 0 saturated heterocycles. The number of Topliss-reactive ketones (excluding diaryl/α,β-unsaturated/α-hetero) is 1. The van der Waals surface area contributed by atoms with Gasteiger partial charge in [-0.3, -0.25) is 4.79 Å². The molecule has 0 radical (unpaired) electrons. The highest BCUT2D eigenvalue weighted by Gasteiger charge is 2.14. The van der Waals surface area contributed by atoms with Crippen molar-refractivity contribution in [2.24, 2.45) is 0 Å².